The number of aliphatic imine (C=N–C) groups is 1. The molecule has 2 amide bonds. The van der Waals surface area contributed by atoms with Crippen LogP contribution in [0.1, 0.15) is 37.7 Å². The summed E-state index contributed by atoms with van der Waals surface area (Å²) in [7, 11) is 6.77. The second kappa shape index (κ2) is 9.69. The van der Waals surface area contributed by atoms with Gasteiger partial charge in [-0.1, -0.05) is 18.2 Å². The first-order valence-corrected chi connectivity index (χ1v) is 11.7. The minimum Gasteiger partial charge on any atom is -0.496 e. The van der Waals surface area contributed by atoms with E-state index in [0.29, 0.717) is 17.8 Å². The van der Waals surface area contributed by atoms with Crippen molar-refractivity contribution in [2.24, 2.45) is 12.0 Å². The van der Waals surface area contributed by atoms with E-state index in [1.54, 1.807) is 63.7 Å². The number of ether oxygens (including phenoxy) is 1. The molecule has 3 heterocycles. The fraction of sp³-hybridized carbons (Fsp3) is 0.179. The molecule has 9 heteroatoms. The number of benzene rings is 2. The molecule has 186 valence electrons. The number of anilines is 1. The molecule has 0 unspecified atom stereocenters. The summed E-state index contributed by atoms with van der Waals surface area (Å²) in [6.45, 7) is 0.492. The fourth-order valence-electron chi connectivity index (χ4n) is 4.26. The lowest BCUT2D eigenvalue weighted by atomic mass is 9.97. The Morgan fingerprint density at radius 2 is 1.84 bits per heavy atom. The molecule has 0 spiro atoms. The molecule has 4 aromatic rings. The van der Waals surface area contributed by atoms with Gasteiger partial charge in [-0.25, -0.2) is 4.98 Å². The number of amides is 2. The van der Waals surface area contributed by atoms with E-state index in [2.05, 4.69) is 15.3 Å². The molecule has 0 saturated carbocycles. The molecule has 0 aliphatic carbocycles. The highest BCUT2D eigenvalue weighted by Gasteiger charge is 2.23. The molecule has 1 aliphatic heterocycles. The van der Waals surface area contributed by atoms with E-state index in [1.807, 2.05) is 36.4 Å². The van der Waals surface area contributed by atoms with E-state index in [0.717, 1.165) is 39.4 Å². The van der Waals surface area contributed by atoms with E-state index in [9.17, 15) is 9.59 Å². The Morgan fingerprint density at radius 1 is 1.03 bits per heavy atom. The maximum Gasteiger partial charge on any atom is 0.275 e. The minimum absolute atomic E-state index is 0.233. The van der Waals surface area contributed by atoms with Gasteiger partial charge < -0.3 is 19.5 Å². The lowest BCUT2D eigenvalue weighted by Gasteiger charge is -2.16. The molecule has 1 aliphatic rings. The van der Waals surface area contributed by atoms with Crippen LogP contribution in [0.5, 0.6) is 5.75 Å². The van der Waals surface area contributed by atoms with Gasteiger partial charge in [-0.3, -0.25) is 19.6 Å². The first-order chi connectivity index (χ1) is 17.9. The van der Waals surface area contributed by atoms with Crippen molar-refractivity contribution in [1.29, 1.82) is 0 Å². The third kappa shape index (κ3) is 4.58. The van der Waals surface area contributed by atoms with Gasteiger partial charge in [0.05, 0.1) is 42.6 Å². The maximum absolute atomic E-state index is 13.1. The molecule has 37 heavy (non-hydrogen) atoms. The minimum atomic E-state index is -0.391. The van der Waals surface area contributed by atoms with Crippen LogP contribution in [0.4, 0.5) is 5.69 Å². The number of carbonyl (C=O) groups is 2. The van der Waals surface area contributed by atoms with Gasteiger partial charge in [0.1, 0.15) is 11.4 Å². The summed E-state index contributed by atoms with van der Waals surface area (Å²) in [5.41, 5.74) is 6.20. The van der Waals surface area contributed by atoms with Crippen LogP contribution in [0.3, 0.4) is 0 Å². The molecule has 0 bridgehead atoms. The van der Waals surface area contributed by atoms with E-state index in [1.165, 1.54) is 4.90 Å². The van der Waals surface area contributed by atoms with Gasteiger partial charge in [-0.2, -0.15) is 0 Å². The lowest BCUT2D eigenvalue weighted by molar-refractivity contribution is 0.0828. The summed E-state index contributed by atoms with van der Waals surface area (Å²) in [5, 5.41) is 2.83. The number of pyridine rings is 1. The summed E-state index contributed by atoms with van der Waals surface area (Å²) in [5.74, 6) is 0.118. The van der Waals surface area contributed by atoms with Crippen molar-refractivity contribution in [2.45, 2.75) is 6.54 Å². The van der Waals surface area contributed by atoms with Crippen molar-refractivity contribution in [2.75, 3.05) is 26.5 Å². The Morgan fingerprint density at radius 3 is 2.57 bits per heavy atom. The van der Waals surface area contributed by atoms with E-state index >= 15 is 0 Å². The highest BCUT2D eigenvalue weighted by molar-refractivity contribution is 6.17. The molecular formula is C28H26N6O3. The summed E-state index contributed by atoms with van der Waals surface area (Å²) in [4.78, 5) is 40.8. The van der Waals surface area contributed by atoms with Crippen LogP contribution in [-0.2, 0) is 13.6 Å². The van der Waals surface area contributed by atoms with Crippen LogP contribution >= 0.6 is 0 Å². The number of nitrogens with one attached hydrogen (secondary N) is 1. The third-order valence-electron chi connectivity index (χ3n) is 6.15. The maximum atomic E-state index is 13.1. The summed E-state index contributed by atoms with van der Waals surface area (Å²) < 4.78 is 7.23. The molecule has 0 saturated heterocycles. The van der Waals surface area contributed by atoms with Crippen molar-refractivity contribution in [3.63, 3.8) is 0 Å². The van der Waals surface area contributed by atoms with Crippen molar-refractivity contribution in [1.82, 2.24) is 19.4 Å². The summed E-state index contributed by atoms with van der Waals surface area (Å²) >= 11 is 0. The van der Waals surface area contributed by atoms with Crippen molar-refractivity contribution < 1.29 is 14.3 Å². The zero-order valence-electron chi connectivity index (χ0n) is 21.0. The first kappa shape index (κ1) is 23.9. The average Bonchev–Trinajstić information content (AvgIpc) is 3.54. The predicted molar refractivity (Wildman–Crippen MR) is 141 cm³/mol. The number of aromatic nitrogens is 3. The van der Waals surface area contributed by atoms with Crippen molar-refractivity contribution >= 4 is 23.2 Å². The quantitative estimate of drug-likeness (QED) is 0.439. The van der Waals surface area contributed by atoms with Crippen LogP contribution in [0, 0.1) is 0 Å². The lowest BCUT2D eigenvalue weighted by Crippen LogP contribution is -2.24. The molecular weight excluding hydrogens is 468 g/mol. The second-order valence-electron chi connectivity index (χ2n) is 8.92. The Bertz CT molecular complexity index is 1550. The zero-order chi connectivity index (χ0) is 26.1. The van der Waals surface area contributed by atoms with Gasteiger partial charge in [-0.05, 0) is 35.9 Å². The fourth-order valence-corrected chi connectivity index (χ4v) is 4.26. The van der Waals surface area contributed by atoms with Crippen LogP contribution in [0.15, 0.2) is 72.2 Å². The Balaban J connectivity index is 1.52. The molecule has 2 aromatic heterocycles. The number of carbonyl (C=O) groups excluding carboxylic acids is 2. The number of methoxy groups -OCH3 is 1. The molecule has 1 N–H and O–H groups in total. The highest BCUT2D eigenvalue weighted by atomic mass is 16.5. The molecule has 5 rings (SSSR count). The number of aryl methyl sites for hydroxylation is 1. The molecule has 9 nitrogen and oxygen atoms in total. The van der Waals surface area contributed by atoms with Gasteiger partial charge in [0.25, 0.3) is 11.8 Å². The van der Waals surface area contributed by atoms with E-state index < -0.39 is 5.91 Å². The molecule has 0 atom stereocenters. The number of para-hydroxylation sites is 1. The van der Waals surface area contributed by atoms with Gasteiger partial charge in [0.15, 0.2) is 0 Å². The summed E-state index contributed by atoms with van der Waals surface area (Å²) in [6, 6.07) is 15.2. The molecule has 2 aromatic carbocycles. The number of imidazole rings is 1. The van der Waals surface area contributed by atoms with Crippen LogP contribution in [0.2, 0.25) is 0 Å². The Labute approximate surface area is 214 Å². The van der Waals surface area contributed by atoms with Crippen LogP contribution < -0.4 is 10.1 Å². The smallest absolute Gasteiger partial charge is 0.275 e. The van der Waals surface area contributed by atoms with Crippen LogP contribution in [0.25, 0.3) is 11.1 Å². The standard InChI is InChI=1S/C28H26N6O3/c1-33(2)28(36)21-11-17(9-10-22(21)32-27(35)24-15-34(3)16-31-24)18-12-20-23(29-13-18)14-30-26(20)19-7-5-6-8-25(19)37-4/h5-13,15-16H,14H2,1-4H3,(H,32,35). The summed E-state index contributed by atoms with van der Waals surface area (Å²) in [6.07, 6.45) is 4.95. The van der Waals surface area contributed by atoms with Gasteiger partial charge >= 0.3 is 0 Å². The Hall–Kier alpha value is -4.79. The normalized spacial score (nSPS) is 12.1. The topological polar surface area (TPSA) is 102 Å². The molecule has 0 radical (unpaired) electrons. The van der Waals surface area contributed by atoms with Gasteiger partial charge in [0.2, 0.25) is 0 Å². The van der Waals surface area contributed by atoms with E-state index in [-0.39, 0.29) is 11.6 Å². The second-order valence-corrected chi connectivity index (χ2v) is 8.92. The SMILES string of the molecule is COc1ccccc1C1=NCc2ncc(-c3ccc(NC(=O)c4cn(C)cn4)c(C(=O)N(C)C)c3)cc21. The Kier molecular flexibility index (Phi) is 6.27. The predicted octanol–water partition coefficient (Wildman–Crippen LogP) is 3.80. The highest BCUT2D eigenvalue weighted by Crippen LogP contribution is 2.32. The molecule has 0 fully saturated rings. The number of rotatable bonds is 6. The third-order valence-corrected chi connectivity index (χ3v) is 6.15. The van der Waals surface area contributed by atoms with Gasteiger partial charge in [0, 0.05) is 50.2 Å². The zero-order valence-corrected chi connectivity index (χ0v) is 21.0. The first-order valence-electron chi connectivity index (χ1n) is 11.7. The van der Waals surface area contributed by atoms with E-state index in [4.69, 9.17) is 9.73 Å². The number of fused-ring (bicyclic) bond motifs is 1. The van der Waals surface area contributed by atoms with Crippen molar-refractivity contribution in [3.05, 3.63) is 95.3 Å². The average molecular weight is 495 g/mol. The van der Waals surface area contributed by atoms with Gasteiger partial charge in [-0.15, -0.1) is 0 Å². The number of hydrogen-bond acceptors (Lipinski definition) is 6. The van der Waals surface area contributed by atoms with Crippen LogP contribution in [-0.4, -0.2) is 58.2 Å². The number of nitrogens with zero attached hydrogens (tertiary/aromatic N) is 5. The number of hydrogen-bond donors (Lipinski definition) is 1. The van der Waals surface area contributed by atoms with Crippen molar-refractivity contribution in [3.8, 4) is 16.9 Å². The monoisotopic (exact) mass is 494 g/mol. The largest absolute Gasteiger partial charge is 0.496 e.